The highest BCUT2D eigenvalue weighted by Crippen LogP contribution is 2.43. The van der Waals surface area contributed by atoms with E-state index in [0.717, 1.165) is 28.8 Å². The summed E-state index contributed by atoms with van der Waals surface area (Å²) in [5, 5.41) is 21.4. The number of fused-ring (bicyclic) bond motifs is 2. The average Bonchev–Trinajstić information content (AvgIpc) is 3.45. The molecule has 0 saturated heterocycles. The Kier molecular flexibility index (Phi) is 8.25. The zero-order chi connectivity index (χ0) is 27.5. The van der Waals surface area contributed by atoms with Crippen molar-refractivity contribution in [2.75, 3.05) is 59.5 Å². The third-order valence-corrected chi connectivity index (χ3v) is 8.33. The molecule has 0 unspecified atom stereocenters. The van der Waals surface area contributed by atoms with Crippen molar-refractivity contribution in [1.29, 1.82) is 0 Å². The van der Waals surface area contributed by atoms with Crippen molar-refractivity contribution in [1.82, 2.24) is 4.98 Å². The van der Waals surface area contributed by atoms with Crippen LogP contribution in [0, 0.1) is 5.41 Å². The van der Waals surface area contributed by atoms with E-state index in [1.165, 1.54) is 16.2 Å². The molecule has 10 heteroatoms. The first-order chi connectivity index (χ1) is 18.1. The highest BCUT2D eigenvalue weighted by molar-refractivity contribution is 7.22. The smallest absolute Gasteiger partial charge is 0.235 e. The van der Waals surface area contributed by atoms with Crippen LogP contribution < -0.4 is 19.5 Å². The highest BCUT2D eigenvalue weighted by Gasteiger charge is 2.46. The molecule has 0 bridgehead atoms. The number of ether oxygens (including phenoxy) is 2. The number of nitrogens with zero attached hydrogens (tertiary/aromatic N) is 3. The lowest BCUT2D eigenvalue weighted by Gasteiger charge is -2.31. The van der Waals surface area contributed by atoms with E-state index in [1.54, 1.807) is 14.2 Å². The summed E-state index contributed by atoms with van der Waals surface area (Å²) in [5.41, 5.74) is 1.54. The molecule has 4 rings (SSSR count). The third-order valence-electron chi connectivity index (χ3n) is 7.24. The van der Waals surface area contributed by atoms with Crippen LogP contribution in [0.25, 0.3) is 10.2 Å². The number of aliphatic hydroxyl groups excluding tert-OH is 1. The maximum atomic E-state index is 13.8. The van der Waals surface area contributed by atoms with Gasteiger partial charge in [-0.25, -0.2) is 4.98 Å². The summed E-state index contributed by atoms with van der Waals surface area (Å²) in [6.07, 6.45) is 1.15. The minimum Gasteiger partial charge on any atom is -0.550 e. The van der Waals surface area contributed by atoms with E-state index in [2.05, 4.69) is 19.1 Å². The second-order valence-corrected chi connectivity index (χ2v) is 11.6. The monoisotopic (exact) mass is 541 g/mol. The predicted octanol–water partition coefficient (Wildman–Crippen LogP) is 2.03. The standard InChI is InChI=1S/C28H35N3O6S/c1-30(26(35)28(18-25(33)34)16-19-8-5-6-9-20(19)17-28)27-29-21-14-23(22(36-4)15-24(21)38-27)37-13-7-10-31(2,3)11-12-32/h5-6,8-9,14-15,32H,7,10-13,16-18H2,1-4H3. The van der Waals surface area contributed by atoms with Gasteiger partial charge in [0.05, 0.1) is 56.6 Å². The zero-order valence-corrected chi connectivity index (χ0v) is 23.2. The number of anilines is 1. The van der Waals surface area contributed by atoms with Crippen LogP contribution >= 0.6 is 11.3 Å². The fourth-order valence-corrected chi connectivity index (χ4v) is 6.10. The Labute approximate surface area is 226 Å². The van der Waals surface area contributed by atoms with E-state index in [0.29, 0.717) is 52.6 Å². The van der Waals surface area contributed by atoms with E-state index < -0.39 is 11.4 Å². The molecule has 2 aromatic carbocycles. The van der Waals surface area contributed by atoms with E-state index in [9.17, 15) is 19.8 Å². The average molecular weight is 542 g/mol. The van der Waals surface area contributed by atoms with Crippen LogP contribution in [0.5, 0.6) is 11.5 Å². The number of aromatic nitrogens is 1. The molecule has 0 radical (unpaired) electrons. The van der Waals surface area contributed by atoms with Gasteiger partial charge in [0, 0.05) is 38.0 Å². The third kappa shape index (κ3) is 5.92. The molecule has 204 valence electrons. The summed E-state index contributed by atoms with van der Waals surface area (Å²) < 4.78 is 13.1. The van der Waals surface area contributed by atoms with Crippen molar-refractivity contribution in [2.45, 2.75) is 25.7 Å². The molecule has 0 saturated carbocycles. The lowest BCUT2D eigenvalue weighted by Crippen LogP contribution is -2.46. The van der Waals surface area contributed by atoms with E-state index >= 15 is 0 Å². The molecule has 1 N–H and O–H groups in total. The van der Waals surface area contributed by atoms with Crippen LogP contribution in [0.15, 0.2) is 36.4 Å². The molecule has 1 aliphatic carbocycles. The normalized spacial score (nSPS) is 14.3. The van der Waals surface area contributed by atoms with Crippen molar-refractivity contribution in [3.63, 3.8) is 0 Å². The fraction of sp³-hybridized carbons (Fsp3) is 0.464. The predicted molar refractivity (Wildman–Crippen MR) is 145 cm³/mol. The van der Waals surface area contributed by atoms with Crippen LogP contribution in [-0.4, -0.2) is 81.0 Å². The molecule has 1 aliphatic rings. The van der Waals surface area contributed by atoms with Gasteiger partial charge < -0.3 is 29.0 Å². The number of amides is 1. The van der Waals surface area contributed by atoms with Crippen molar-refractivity contribution < 1.29 is 33.8 Å². The van der Waals surface area contributed by atoms with Crippen LogP contribution in [0.1, 0.15) is 24.0 Å². The van der Waals surface area contributed by atoms with Gasteiger partial charge in [-0.15, -0.1) is 0 Å². The second-order valence-electron chi connectivity index (χ2n) is 10.6. The fourth-order valence-electron chi connectivity index (χ4n) is 5.16. The Balaban J connectivity index is 1.53. The summed E-state index contributed by atoms with van der Waals surface area (Å²) in [4.78, 5) is 31.6. The minimum absolute atomic E-state index is 0.142. The number of hydrogen-bond acceptors (Lipinski definition) is 8. The number of carbonyl (C=O) groups is 2. The topological polar surface area (TPSA) is 112 Å². The Hall–Kier alpha value is -3.21. The lowest BCUT2D eigenvalue weighted by atomic mass is 9.80. The lowest BCUT2D eigenvalue weighted by molar-refractivity contribution is -0.890. The SMILES string of the molecule is COc1cc2sc(N(C)C(=O)C3(CC(=O)[O-])Cc4ccccc4C3)nc2cc1OCCC[N+](C)(C)CCO. The largest absolute Gasteiger partial charge is 0.550 e. The molecular formula is C28H35N3O6S. The number of hydrogen-bond donors (Lipinski definition) is 1. The van der Waals surface area contributed by atoms with Gasteiger partial charge in [0.25, 0.3) is 0 Å². The molecule has 9 nitrogen and oxygen atoms in total. The molecule has 38 heavy (non-hydrogen) atoms. The molecule has 0 atom stereocenters. The second kappa shape index (κ2) is 11.3. The summed E-state index contributed by atoms with van der Waals surface area (Å²) in [6.45, 7) is 2.16. The number of carbonyl (C=O) groups excluding carboxylic acids is 2. The van der Waals surface area contributed by atoms with Crippen molar-refractivity contribution >= 4 is 38.6 Å². The number of carboxylic acid groups (broad SMARTS) is 1. The maximum Gasteiger partial charge on any atom is 0.235 e. The molecule has 0 spiro atoms. The van der Waals surface area contributed by atoms with Crippen molar-refractivity contribution in [2.24, 2.45) is 5.41 Å². The molecule has 3 aromatic rings. The van der Waals surface area contributed by atoms with Crippen molar-refractivity contribution in [3.8, 4) is 11.5 Å². The number of rotatable bonds is 12. The van der Waals surface area contributed by atoms with Gasteiger partial charge in [-0.2, -0.15) is 0 Å². The quantitative estimate of drug-likeness (QED) is 0.276. The van der Waals surface area contributed by atoms with Crippen LogP contribution in [0.4, 0.5) is 5.13 Å². The number of aliphatic carboxylic acids is 1. The van der Waals surface area contributed by atoms with Gasteiger partial charge in [-0.3, -0.25) is 9.69 Å². The van der Waals surface area contributed by atoms with Gasteiger partial charge in [0.1, 0.15) is 6.54 Å². The number of aliphatic hydroxyl groups is 1. The van der Waals surface area contributed by atoms with E-state index in [-0.39, 0.29) is 18.9 Å². The number of benzene rings is 2. The molecule has 1 heterocycles. The van der Waals surface area contributed by atoms with E-state index in [4.69, 9.17) is 9.47 Å². The first-order valence-corrected chi connectivity index (χ1v) is 13.5. The highest BCUT2D eigenvalue weighted by atomic mass is 32.1. The van der Waals surface area contributed by atoms with Gasteiger partial charge in [0.15, 0.2) is 16.6 Å². The summed E-state index contributed by atoms with van der Waals surface area (Å²) in [6, 6.07) is 11.3. The van der Waals surface area contributed by atoms with Gasteiger partial charge >= 0.3 is 0 Å². The number of carboxylic acids is 1. The number of thiazole rings is 1. The zero-order valence-electron chi connectivity index (χ0n) is 22.4. The molecule has 0 aliphatic heterocycles. The minimum atomic E-state index is -1.24. The first kappa shape index (κ1) is 27.8. The van der Waals surface area contributed by atoms with Gasteiger partial charge in [0.2, 0.25) is 5.91 Å². The first-order valence-electron chi connectivity index (χ1n) is 12.7. The van der Waals surface area contributed by atoms with Crippen LogP contribution in [0.2, 0.25) is 0 Å². The molecule has 0 fully saturated rings. The van der Waals surface area contributed by atoms with Crippen LogP contribution in [0.3, 0.4) is 0 Å². The molecule has 1 aromatic heterocycles. The van der Waals surface area contributed by atoms with Gasteiger partial charge in [-0.1, -0.05) is 35.6 Å². The molecule has 1 amide bonds. The summed E-state index contributed by atoms with van der Waals surface area (Å²) >= 11 is 1.34. The number of methoxy groups -OCH3 is 1. The summed E-state index contributed by atoms with van der Waals surface area (Å²) in [5.74, 6) is -0.388. The van der Waals surface area contributed by atoms with Gasteiger partial charge in [-0.05, 0) is 24.0 Å². The summed E-state index contributed by atoms with van der Waals surface area (Å²) in [7, 11) is 7.35. The number of likely N-dealkylation sites (N-methyl/N-ethyl adjacent to an activating group) is 1. The number of quaternary nitrogens is 1. The van der Waals surface area contributed by atoms with Crippen molar-refractivity contribution in [3.05, 3.63) is 47.5 Å². The van der Waals surface area contributed by atoms with Crippen LogP contribution in [-0.2, 0) is 22.4 Å². The molecular weight excluding hydrogens is 506 g/mol. The van der Waals surface area contributed by atoms with E-state index in [1.807, 2.05) is 36.4 Å². The Morgan fingerprint density at radius 2 is 1.84 bits per heavy atom. The Bertz CT molecular complexity index is 1300. The maximum absolute atomic E-state index is 13.8. The Morgan fingerprint density at radius 3 is 2.45 bits per heavy atom. The Morgan fingerprint density at radius 1 is 1.16 bits per heavy atom.